The molecule has 0 fully saturated rings. The van der Waals surface area contributed by atoms with E-state index in [1.54, 1.807) is 11.8 Å². The van der Waals surface area contributed by atoms with E-state index in [2.05, 4.69) is 38.4 Å². The molecule has 1 atom stereocenters. The zero-order valence-corrected chi connectivity index (χ0v) is 12.5. The summed E-state index contributed by atoms with van der Waals surface area (Å²) in [6.45, 7) is 2.64. The molecule has 2 N–H and O–H groups in total. The molecule has 1 unspecified atom stereocenters. The van der Waals surface area contributed by atoms with Crippen LogP contribution in [0, 0.1) is 0 Å². The highest BCUT2D eigenvalue weighted by atomic mass is 79.9. The topological polar surface area (TPSA) is 78.8 Å². The van der Waals surface area contributed by atoms with Crippen molar-refractivity contribution in [1.82, 2.24) is 20.2 Å². The van der Waals surface area contributed by atoms with Gasteiger partial charge >= 0.3 is 0 Å². The predicted octanol–water partition coefficient (Wildman–Crippen LogP) is 2.28. The third kappa shape index (κ3) is 3.10. The van der Waals surface area contributed by atoms with Crippen molar-refractivity contribution in [2.24, 2.45) is 0 Å². The molecule has 1 aromatic heterocycles. The Balaban J connectivity index is 2.43. The number of benzene rings is 1. The van der Waals surface area contributed by atoms with E-state index in [9.17, 15) is 0 Å². The average Bonchev–Trinajstić information content (AvgIpc) is 2.83. The average molecular weight is 326 g/mol. The third-order valence-corrected chi connectivity index (χ3v) is 3.31. The molecule has 1 heterocycles. The number of hydrogen-bond acceptors (Lipinski definition) is 5. The molecule has 1 aromatic carbocycles. The molecule has 102 valence electrons. The summed E-state index contributed by atoms with van der Waals surface area (Å²) in [5, 5.41) is 11.9. The molecule has 0 saturated heterocycles. The van der Waals surface area contributed by atoms with Crippen LogP contribution >= 0.6 is 15.9 Å². The van der Waals surface area contributed by atoms with E-state index < -0.39 is 0 Å². The fraction of sp³-hybridized carbons (Fsp3) is 0.417. The molecule has 0 radical (unpaired) electrons. The van der Waals surface area contributed by atoms with Crippen LogP contribution in [0.5, 0.6) is 0 Å². The Morgan fingerprint density at radius 3 is 2.84 bits per heavy atom. The van der Waals surface area contributed by atoms with Crippen LogP contribution in [0.3, 0.4) is 0 Å². The normalized spacial score (nSPS) is 12.6. The van der Waals surface area contributed by atoms with E-state index in [0.29, 0.717) is 18.1 Å². The monoisotopic (exact) mass is 325 g/mol. The van der Waals surface area contributed by atoms with Gasteiger partial charge in [0, 0.05) is 22.8 Å². The van der Waals surface area contributed by atoms with E-state index >= 15 is 0 Å². The van der Waals surface area contributed by atoms with Gasteiger partial charge in [-0.15, -0.1) is 5.10 Å². The molecule has 7 heteroatoms. The van der Waals surface area contributed by atoms with Crippen LogP contribution in [0.1, 0.15) is 19.4 Å². The van der Waals surface area contributed by atoms with E-state index in [1.165, 1.54) is 0 Å². The van der Waals surface area contributed by atoms with Gasteiger partial charge in [-0.05, 0) is 35.0 Å². The molecular weight excluding hydrogens is 310 g/mol. The molecule has 0 aliphatic rings. The van der Waals surface area contributed by atoms with Crippen molar-refractivity contribution >= 4 is 21.6 Å². The molecule has 6 nitrogen and oxygen atoms in total. The second-order valence-corrected chi connectivity index (χ2v) is 5.15. The minimum atomic E-state index is 0.107. The van der Waals surface area contributed by atoms with Gasteiger partial charge in [-0.2, -0.15) is 0 Å². The summed E-state index contributed by atoms with van der Waals surface area (Å²) in [6.07, 6.45) is 0.884. The molecule has 0 aliphatic heterocycles. The van der Waals surface area contributed by atoms with Crippen LogP contribution < -0.4 is 5.73 Å². The van der Waals surface area contributed by atoms with E-state index in [4.69, 9.17) is 10.5 Å². The number of aromatic nitrogens is 4. The number of tetrazole rings is 1. The summed E-state index contributed by atoms with van der Waals surface area (Å²) in [5.74, 6) is 0.692. The van der Waals surface area contributed by atoms with Gasteiger partial charge in [-0.25, -0.2) is 4.68 Å². The fourth-order valence-electron chi connectivity index (χ4n) is 1.92. The van der Waals surface area contributed by atoms with Crippen molar-refractivity contribution in [3.63, 3.8) is 0 Å². The highest BCUT2D eigenvalue weighted by Gasteiger charge is 2.17. The second kappa shape index (κ2) is 6.12. The number of halogens is 1. The molecule has 19 heavy (non-hydrogen) atoms. The maximum absolute atomic E-state index is 5.85. The van der Waals surface area contributed by atoms with E-state index in [1.807, 2.05) is 18.2 Å². The van der Waals surface area contributed by atoms with Crippen molar-refractivity contribution in [1.29, 1.82) is 0 Å². The number of ether oxygens (including phenoxy) is 1. The lowest BCUT2D eigenvalue weighted by Gasteiger charge is -2.15. The van der Waals surface area contributed by atoms with Crippen molar-refractivity contribution in [3.8, 4) is 11.4 Å². The Hall–Kier alpha value is -1.47. The first-order valence-corrected chi connectivity index (χ1v) is 6.78. The molecule has 0 saturated carbocycles. The quantitative estimate of drug-likeness (QED) is 0.853. The fourth-order valence-corrected chi connectivity index (χ4v) is 2.44. The van der Waals surface area contributed by atoms with Crippen LogP contribution in [0.25, 0.3) is 11.4 Å². The Morgan fingerprint density at radius 1 is 1.42 bits per heavy atom. The molecule has 2 aromatic rings. The van der Waals surface area contributed by atoms with Gasteiger partial charge in [-0.1, -0.05) is 22.9 Å². The number of methoxy groups -OCH3 is 1. The molecule has 0 bridgehead atoms. The van der Waals surface area contributed by atoms with Gasteiger partial charge in [0.2, 0.25) is 0 Å². The third-order valence-electron chi connectivity index (χ3n) is 2.85. The lowest BCUT2D eigenvalue weighted by Crippen LogP contribution is -2.16. The summed E-state index contributed by atoms with van der Waals surface area (Å²) in [7, 11) is 1.67. The van der Waals surface area contributed by atoms with Crippen LogP contribution in [-0.4, -0.2) is 33.9 Å². The van der Waals surface area contributed by atoms with E-state index in [0.717, 1.165) is 16.5 Å². The SMILES string of the molecule is CCC(COC)n1nnnc1-c1cc(N)cc(Br)c1. The zero-order chi connectivity index (χ0) is 13.8. The zero-order valence-electron chi connectivity index (χ0n) is 10.9. The summed E-state index contributed by atoms with van der Waals surface area (Å²) in [5.41, 5.74) is 7.40. The Bertz CT molecular complexity index is 537. The first-order valence-electron chi connectivity index (χ1n) is 5.99. The predicted molar refractivity (Wildman–Crippen MR) is 76.6 cm³/mol. The smallest absolute Gasteiger partial charge is 0.182 e. The molecule has 0 amide bonds. The summed E-state index contributed by atoms with van der Waals surface area (Å²) in [4.78, 5) is 0. The Labute approximate surface area is 120 Å². The number of rotatable bonds is 5. The van der Waals surface area contributed by atoms with Crippen molar-refractivity contribution in [3.05, 3.63) is 22.7 Å². The highest BCUT2D eigenvalue weighted by Crippen LogP contribution is 2.26. The summed E-state index contributed by atoms with van der Waals surface area (Å²) < 4.78 is 7.89. The lowest BCUT2D eigenvalue weighted by atomic mass is 10.1. The first kappa shape index (κ1) is 14.0. The van der Waals surface area contributed by atoms with Gasteiger partial charge in [0.15, 0.2) is 5.82 Å². The molecule has 2 rings (SSSR count). The number of nitrogen functional groups attached to an aromatic ring is 1. The Kier molecular flexibility index (Phi) is 4.49. The summed E-state index contributed by atoms with van der Waals surface area (Å²) >= 11 is 3.43. The van der Waals surface area contributed by atoms with Gasteiger partial charge in [0.05, 0.1) is 12.6 Å². The van der Waals surface area contributed by atoms with Crippen molar-refractivity contribution < 1.29 is 4.74 Å². The maximum Gasteiger partial charge on any atom is 0.182 e. The minimum Gasteiger partial charge on any atom is -0.399 e. The van der Waals surface area contributed by atoms with Crippen LogP contribution in [0.2, 0.25) is 0 Å². The number of nitrogens with zero attached hydrogens (tertiary/aromatic N) is 4. The largest absolute Gasteiger partial charge is 0.399 e. The maximum atomic E-state index is 5.85. The number of hydrogen-bond donors (Lipinski definition) is 1. The summed E-state index contributed by atoms with van der Waals surface area (Å²) in [6, 6.07) is 5.74. The molecule has 0 spiro atoms. The highest BCUT2D eigenvalue weighted by molar-refractivity contribution is 9.10. The van der Waals surface area contributed by atoms with Crippen LogP contribution in [0.15, 0.2) is 22.7 Å². The number of nitrogens with two attached hydrogens (primary N) is 1. The van der Waals surface area contributed by atoms with E-state index in [-0.39, 0.29) is 6.04 Å². The Morgan fingerprint density at radius 2 is 2.21 bits per heavy atom. The lowest BCUT2D eigenvalue weighted by molar-refractivity contribution is 0.147. The van der Waals surface area contributed by atoms with Gasteiger partial charge in [0.1, 0.15) is 0 Å². The van der Waals surface area contributed by atoms with Gasteiger partial charge in [-0.3, -0.25) is 0 Å². The van der Waals surface area contributed by atoms with Gasteiger partial charge < -0.3 is 10.5 Å². The minimum absolute atomic E-state index is 0.107. The van der Waals surface area contributed by atoms with Crippen molar-refractivity contribution in [2.45, 2.75) is 19.4 Å². The van der Waals surface area contributed by atoms with Crippen LogP contribution in [-0.2, 0) is 4.74 Å². The second-order valence-electron chi connectivity index (χ2n) is 4.24. The molecular formula is C12H16BrN5O. The standard InChI is InChI=1S/C12H16BrN5O/c1-3-11(7-19-2)18-12(15-16-17-18)8-4-9(13)6-10(14)5-8/h4-6,11H,3,7,14H2,1-2H3. The van der Waals surface area contributed by atoms with Crippen molar-refractivity contribution in [2.75, 3.05) is 19.5 Å². The van der Waals surface area contributed by atoms with Gasteiger partial charge in [0.25, 0.3) is 0 Å². The molecule has 0 aliphatic carbocycles. The van der Waals surface area contributed by atoms with Crippen LogP contribution in [0.4, 0.5) is 5.69 Å². The first-order chi connectivity index (χ1) is 9.15. The number of anilines is 1.